The maximum Gasteiger partial charge on any atom is 0.337 e. The van der Waals surface area contributed by atoms with Gasteiger partial charge in [0.15, 0.2) is 0 Å². The van der Waals surface area contributed by atoms with Gasteiger partial charge in [0.2, 0.25) is 0 Å². The largest absolute Gasteiger partial charge is 0.478 e. The molecule has 32 heavy (non-hydrogen) atoms. The fraction of sp³-hybridized carbons (Fsp3) is 0.0417. The molecule has 0 spiro atoms. The number of carboxylic acids is 1. The van der Waals surface area contributed by atoms with Gasteiger partial charge in [0, 0.05) is 17.8 Å². The number of nitriles is 1. The quantitative estimate of drug-likeness (QED) is 0.416. The number of halogens is 1. The monoisotopic (exact) mass is 439 g/mol. The first-order valence-corrected chi connectivity index (χ1v) is 10.0. The number of aryl methyl sites for hydroxylation is 1. The number of hydrogen-bond acceptors (Lipinski definition) is 5. The Kier molecular flexibility index (Phi) is 4.58. The van der Waals surface area contributed by atoms with E-state index in [0.717, 1.165) is 16.6 Å². The number of pyridine rings is 2. The Hall–Kier alpha value is -4.28. The predicted molar refractivity (Wildman–Crippen MR) is 121 cm³/mol. The van der Waals surface area contributed by atoms with Crippen LogP contribution in [0.25, 0.3) is 38.8 Å². The zero-order valence-corrected chi connectivity index (χ0v) is 17.5. The van der Waals surface area contributed by atoms with E-state index in [-0.39, 0.29) is 11.3 Å². The minimum absolute atomic E-state index is 0.0686. The van der Waals surface area contributed by atoms with Crippen molar-refractivity contribution < 1.29 is 9.90 Å². The van der Waals surface area contributed by atoms with Gasteiger partial charge in [-0.3, -0.25) is 9.55 Å². The second kappa shape index (κ2) is 7.45. The minimum atomic E-state index is -1.09. The van der Waals surface area contributed by atoms with Gasteiger partial charge in [-0.1, -0.05) is 17.7 Å². The highest BCUT2D eigenvalue weighted by molar-refractivity contribution is 6.36. The van der Waals surface area contributed by atoms with Gasteiger partial charge in [-0.2, -0.15) is 5.26 Å². The summed E-state index contributed by atoms with van der Waals surface area (Å²) in [4.78, 5) is 25.1. The van der Waals surface area contributed by atoms with Gasteiger partial charge in [-0.05, 0) is 60.5 Å². The summed E-state index contributed by atoms with van der Waals surface area (Å²) in [5.74, 6) is -0.479. The second-order valence-electron chi connectivity index (χ2n) is 7.20. The Labute approximate surface area is 187 Å². The van der Waals surface area contributed by atoms with Gasteiger partial charge in [0.05, 0.1) is 27.3 Å². The first kappa shape index (κ1) is 19.7. The molecule has 0 unspecified atom stereocenters. The number of aromatic carboxylic acids is 1. The van der Waals surface area contributed by atoms with Crippen molar-refractivity contribution in [1.29, 1.82) is 5.26 Å². The first-order valence-electron chi connectivity index (χ1n) is 9.64. The average Bonchev–Trinajstić information content (AvgIpc) is 3.13. The van der Waals surface area contributed by atoms with Crippen LogP contribution in [-0.4, -0.2) is 30.6 Å². The van der Waals surface area contributed by atoms with Crippen molar-refractivity contribution in [2.75, 3.05) is 0 Å². The third kappa shape index (κ3) is 3.06. The van der Waals surface area contributed by atoms with Crippen molar-refractivity contribution in [2.24, 2.45) is 0 Å². The molecule has 0 fully saturated rings. The molecule has 5 rings (SSSR count). The molecule has 0 saturated carbocycles. The Balaban J connectivity index is 1.88. The Morgan fingerprint density at radius 2 is 1.91 bits per heavy atom. The molecule has 0 aliphatic carbocycles. The lowest BCUT2D eigenvalue weighted by atomic mass is 10.0. The Morgan fingerprint density at radius 3 is 2.69 bits per heavy atom. The summed E-state index contributed by atoms with van der Waals surface area (Å²) in [6.07, 6.45) is 3.21. The SMILES string of the molecule is Cc1nc2c(C(=O)O)cc(-c3ccnc(C#N)c3)cc2n1-c1ccnc2cccc(Cl)c12. The molecule has 0 atom stereocenters. The summed E-state index contributed by atoms with van der Waals surface area (Å²) in [7, 11) is 0. The van der Waals surface area contributed by atoms with Crippen molar-refractivity contribution >= 4 is 39.5 Å². The summed E-state index contributed by atoms with van der Waals surface area (Å²) < 4.78 is 1.88. The van der Waals surface area contributed by atoms with Gasteiger partial charge in [-0.25, -0.2) is 14.8 Å². The second-order valence-corrected chi connectivity index (χ2v) is 7.60. The zero-order valence-electron chi connectivity index (χ0n) is 16.7. The topological polar surface area (TPSA) is 105 Å². The summed E-state index contributed by atoms with van der Waals surface area (Å²) in [6, 6.07) is 16.1. The maximum absolute atomic E-state index is 12.1. The molecule has 0 saturated heterocycles. The highest BCUT2D eigenvalue weighted by Crippen LogP contribution is 2.34. The molecule has 0 aliphatic rings. The summed E-state index contributed by atoms with van der Waals surface area (Å²) in [5, 5.41) is 20.4. The van der Waals surface area contributed by atoms with Crippen LogP contribution in [0, 0.1) is 18.3 Å². The standard InChI is InChI=1S/C24H14ClN5O2/c1-13-29-23-17(24(31)32)10-15(14-5-7-27-16(9-14)12-26)11-21(23)30(13)20-6-8-28-19-4-2-3-18(25)22(19)20/h2-11H,1H3,(H,31,32). The molecule has 0 aliphatic heterocycles. The molecule has 3 heterocycles. The van der Waals surface area contributed by atoms with Crippen LogP contribution in [-0.2, 0) is 0 Å². The number of imidazole rings is 1. The normalized spacial score (nSPS) is 11.0. The van der Waals surface area contributed by atoms with Gasteiger partial charge in [0.1, 0.15) is 23.1 Å². The van der Waals surface area contributed by atoms with E-state index in [0.29, 0.717) is 33.0 Å². The number of aromatic nitrogens is 4. The smallest absolute Gasteiger partial charge is 0.337 e. The highest BCUT2D eigenvalue weighted by atomic mass is 35.5. The number of carbonyl (C=O) groups is 1. The number of hydrogen-bond donors (Lipinski definition) is 1. The lowest BCUT2D eigenvalue weighted by molar-refractivity contribution is 0.0699. The molecule has 0 radical (unpaired) electrons. The van der Waals surface area contributed by atoms with Gasteiger partial charge in [-0.15, -0.1) is 0 Å². The van der Waals surface area contributed by atoms with Crippen molar-refractivity contribution in [3.63, 3.8) is 0 Å². The zero-order chi connectivity index (χ0) is 22.4. The molecule has 7 nitrogen and oxygen atoms in total. The first-order chi connectivity index (χ1) is 15.5. The fourth-order valence-electron chi connectivity index (χ4n) is 3.93. The van der Waals surface area contributed by atoms with E-state index in [9.17, 15) is 15.2 Å². The average molecular weight is 440 g/mol. The number of rotatable bonds is 3. The van der Waals surface area contributed by atoms with E-state index in [1.807, 2.05) is 41.8 Å². The van der Waals surface area contributed by atoms with Crippen LogP contribution in [0.15, 0.2) is 60.9 Å². The van der Waals surface area contributed by atoms with Crippen LogP contribution in [0.5, 0.6) is 0 Å². The molecule has 3 aromatic heterocycles. The molecule has 154 valence electrons. The van der Waals surface area contributed by atoms with Gasteiger partial charge < -0.3 is 5.11 Å². The van der Waals surface area contributed by atoms with E-state index >= 15 is 0 Å². The minimum Gasteiger partial charge on any atom is -0.478 e. The number of nitrogens with zero attached hydrogens (tertiary/aromatic N) is 5. The lowest BCUT2D eigenvalue weighted by Gasteiger charge is -2.12. The van der Waals surface area contributed by atoms with E-state index in [4.69, 9.17) is 11.6 Å². The molecule has 2 aromatic carbocycles. The molecule has 5 aromatic rings. The molecule has 0 bridgehead atoms. The molecule has 0 amide bonds. The van der Waals surface area contributed by atoms with Crippen LogP contribution in [0.3, 0.4) is 0 Å². The lowest BCUT2D eigenvalue weighted by Crippen LogP contribution is -2.01. The number of benzene rings is 2. The maximum atomic E-state index is 12.1. The fourth-order valence-corrected chi connectivity index (χ4v) is 4.20. The number of carboxylic acid groups (broad SMARTS) is 1. The van der Waals surface area contributed by atoms with Gasteiger partial charge >= 0.3 is 5.97 Å². The van der Waals surface area contributed by atoms with Crippen LogP contribution in [0.4, 0.5) is 0 Å². The van der Waals surface area contributed by atoms with Crippen LogP contribution < -0.4 is 0 Å². The summed E-state index contributed by atoms with van der Waals surface area (Å²) in [5.41, 5.74) is 4.09. The van der Waals surface area contributed by atoms with Crippen molar-refractivity contribution in [3.05, 3.63) is 83.0 Å². The van der Waals surface area contributed by atoms with Crippen molar-refractivity contribution in [3.8, 4) is 22.9 Å². The van der Waals surface area contributed by atoms with Crippen molar-refractivity contribution in [2.45, 2.75) is 6.92 Å². The van der Waals surface area contributed by atoms with Crippen LogP contribution >= 0.6 is 11.6 Å². The van der Waals surface area contributed by atoms with E-state index in [1.54, 1.807) is 30.5 Å². The molecule has 1 N–H and O–H groups in total. The predicted octanol–water partition coefficient (Wildman–Crippen LogP) is 5.17. The molecular formula is C24H14ClN5O2. The Morgan fingerprint density at radius 1 is 1.09 bits per heavy atom. The Bertz CT molecular complexity index is 1590. The summed E-state index contributed by atoms with van der Waals surface area (Å²) >= 11 is 6.52. The third-order valence-electron chi connectivity index (χ3n) is 5.30. The number of fused-ring (bicyclic) bond motifs is 2. The highest BCUT2D eigenvalue weighted by Gasteiger charge is 2.20. The van der Waals surface area contributed by atoms with E-state index < -0.39 is 5.97 Å². The van der Waals surface area contributed by atoms with E-state index in [1.165, 1.54) is 6.20 Å². The molecule has 8 heteroatoms. The van der Waals surface area contributed by atoms with Gasteiger partial charge in [0.25, 0.3) is 0 Å². The summed E-state index contributed by atoms with van der Waals surface area (Å²) in [6.45, 7) is 1.81. The molecular weight excluding hydrogens is 426 g/mol. The van der Waals surface area contributed by atoms with Crippen molar-refractivity contribution in [1.82, 2.24) is 19.5 Å². The van der Waals surface area contributed by atoms with E-state index in [2.05, 4.69) is 15.0 Å². The van der Waals surface area contributed by atoms with Crippen LogP contribution in [0.2, 0.25) is 5.02 Å². The third-order valence-corrected chi connectivity index (χ3v) is 5.62. The van der Waals surface area contributed by atoms with Crippen LogP contribution in [0.1, 0.15) is 21.9 Å².